The summed E-state index contributed by atoms with van der Waals surface area (Å²) in [5, 5.41) is 10.5. The van der Waals surface area contributed by atoms with Crippen LogP contribution in [-0.4, -0.2) is 28.6 Å². The lowest BCUT2D eigenvalue weighted by Gasteiger charge is -2.23. The average molecular weight is 384 g/mol. The molecule has 0 fully saturated rings. The lowest BCUT2D eigenvalue weighted by molar-refractivity contribution is -0.0535. The number of urea groups is 1. The zero-order chi connectivity index (χ0) is 19.7. The first-order valence-electron chi connectivity index (χ1n) is 8.48. The van der Waals surface area contributed by atoms with E-state index in [0.29, 0.717) is 16.2 Å². The van der Waals surface area contributed by atoms with Gasteiger partial charge in [0.15, 0.2) is 0 Å². The molecule has 6 heteroatoms. The number of allylic oxidation sites excluding steroid dienone is 2. The lowest BCUT2D eigenvalue weighted by atomic mass is 9.99. The van der Waals surface area contributed by atoms with Crippen molar-refractivity contribution < 1.29 is 14.4 Å². The summed E-state index contributed by atoms with van der Waals surface area (Å²) in [6.45, 7) is 3.56. The monoisotopic (exact) mass is 384 g/mol. The van der Waals surface area contributed by atoms with Gasteiger partial charge in [-0.25, -0.2) is 9.18 Å². The summed E-state index contributed by atoms with van der Waals surface area (Å²) in [5.74, 6) is -0.375. The number of nitrogens with zero attached hydrogens (tertiary/aromatic N) is 1. The summed E-state index contributed by atoms with van der Waals surface area (Å²) in [6, 6.07) is 11.1. The predicted octanol–water partition coefficient (Wildman–Crippen LogP) is 5.03. The summed E-state index contributed by atoms with van der Waals surface area (Å²) in [5.41, 5.74) is 10.2. The van der Waals surface area contributed by atoms with Gasteiger partial charge in [-0.1, -0.05) is 18.2 Å². The fourth-order valence-electron chi connectivity index (χ4n) is 3.43. The number of benzene rings is 2. The number of hydrogen-bond donors (Lipinski definition) is 2. The van der Waals surface area contributed by atoms with E-state index in [-0.39, 0.29) is 5.82 Å². The van der Waals surface area contributed by atoms with Crippen molar-refractivity contribution in [2.24, 2.45) is 5.73 Å². The van der Waals surface area contributed by atoms with Crippen molar-refractivity contribution in [1.29, 1.82) is 0 Å². The van der Waals surface area contributed by atoms with Crippen LogP contribution in [0.25, 0.3) is 17.2 Å². The van der Waals surface area contributed by atoms with E-state index in [2.05, 4.69) is 0 Å². The Morgan fingerprint density at radius 3 is 2.48 bits per heavy atom. The Bertz CT molecular complexity index is 951. The van der Waals surface area contributed by atoms with Gasteiger partial charge in [-0.3, -0.25) is 5.21 Å². The Labute approximate surface area is 162 Å². The molecule has 1 aliphatic rings. The summed E-state index contributed by atoms with van der Waals surface area (Å²) in [6.07, 6.45) is 4.05. The van der Waals surface area contributed by atoms with E-state index in [1.807, 2.05) is 43.5 Å². The number of hydrogen-bond acceptors (Lipinski definition) is 3. The molecule has 2 aromatic rings. The molecule has 27 heavy (non-hydrogen) atoms. The van der Waals surface area contributed by atoms with Crippen LogP contribution in [0.1, 0.15) is 30.5 Å². The fourth-order valence-corrected chi connectivity index (χ4v) is 3.84. The van der Waals surface area contributed by atoms with Crippen LogP contribution >= 0.6 is 11.8 Å². The van der Waals surface area contributed by atoms with Gasteiger partial charge in [0.1, 0.15) is 5.82 Å². The predicted molar refractivity (Wildman–Crippen MR) is 108 cm³/mol. The molecule has 0 bridgehead atoms. The number of nitrogens with two attached hydrogens (primary N) is 1. The van der Waals surface area contributed by atoms with Gasteiger partial charge >= 0.3 is 6.03 Å². The highest BCUT2D eigenvalue weighted by Crippen LogP contribution is 2.44. The van der Waals surface area contributed by atoms with Crippen LogP contribution < -0.4 is 5.73 Å². The van der Waals surface area contributed by atoms with Crippen LogP contribution in [0, 0.1) is 5.82 Å². The van der Waals surface area contributed by atoms with Gasteiger partial charge < -0.3 is 5.73 Å². The molecule has 0 aliphatic heterocycles. The number of carbonyl (C=O) groups is 1. The van der Waals surface area contributed by atoms with E-state index in [0.717, 1.165) is 22.3 Å². The number of amides is 2. The maximum absolute atomic E-state index is 13.9. The molecular formula is C21H21FN2O2S. The molecule has 1 atom stereocenters. The van der Waals surface area contributed by atoms with E-state index in [1.54, 1.807) is 24.8 Å². The van der Waals surface area contributed by atoms with E-state index in [4.69, 9.17) is 5.73 Å². The number of rotatable bonds is 4. The molecule has 2 amide bonds. The zero-order valence-electron chi connectivity index (χ0n) is 15.4. The average Bonchev–Trinajstić information content (AvgIpc) is 2.92. The molecule has 1 unspecified atom stereocenters. The van der Waals surface area contributed by atoms with Crippen molar-refractivity contribution in [3.63, 3.8) is 0 Å². The summed E-state index contributed by atoms with van der Waals surface area (Å²) in [7, 11) is 0. The van der Waals surface area contributed by atoms with Crippen molar-refractivity contribution in [2.75, 3.05) is 6.26 Å². The topological polar surface area (TPSA) is 66.6 Å². The summed E-state index contributed by atoms with van der Waals surface area (Å²) in [4.78, 5) is 12.6. The van der Waals surface area contributed by atoms with E-state index in [9.17, 15) is 14.4 Å². The second-order valence-corrected chi connectivity index (χ2v) is 7.30. The second kappa shape index (κ2) is 7.58. The summed E-state index contributed by atoms with van der Waals surface area (Å²) >= 11 is 1.67. The molecule has 2 aromatic carbocycles. The third kappa shape index (κ3) is 3.63. The van der Waals surface area contributed by atoms with Gasteiger partial charge in [0.05, 0.1) is 6.04 Å². The first kappa shape index (κ1) is 19.2. The lowest BCUT2D eigenvalue weighted by Crippen LogP contribution is -2.40. The van der Waals surface area contributed by atoms with E-state index < -0.39 is 12.1 Å². The van der Waals surface area contributed by atoms with Gasteiger partial charge in [-0.15, -0.1) is 11.8 Å². The van der Waals surface area contributed by atoms with Crippen LogP contribution in [-0.2, 0) is 0 Å². The zero-order valence-corrected chi connectivity index (χ0v) is 16.2. The molecule has 1 aliphatic carbocycles. The number of thioether (sulfide) groups is 1. The fraction of sp³-hybridized carbons (Fsp3) is 0.190. The molecule has 140 valence electrons. The van der Waals surface area contributed by atoms with Crippen molar-refractivity contribution in [1.82, 2.24) is 5.06 Å². The number of fused-ring (bicyclic) bond motifs is 1. The van der Waals surface area contributed by atoms with Gasteiger partial charge in [0.25, 0.3) is 0 Å². The Balaban J connectivity index is 2.14. The quantitative estimate of drug-likeness (QED) is 0.441. The normalized spacial score (nSPS) is 15.8. The second-order valence-electron chi connectivity index (χ2n) is 6.42. The molecule has 0 radical (unpaired) electrons. The van der Waals surface area contributed by atoms with Gasteiger partial charge in [0.2, 0.25) is 0 Å². The smallest absolute Gasteiger partial charge is 0.339 e. The van der Waals surface area contributed by atoms with E-state index >= 15 is 0 Å². The number of halogens is 1. The van der Waals surface area contributed by atoms with Crippen LogP contribution in [0.3, 0.4) is 0 Å². The minimum Gasteiger partial charge on any atom is -0.350 e. The number of hydroxylamine groups is 2. The number of carbonyl (C=O) groups excluding carboxylic acids is 1. The SMILES string of the molecule is CSc1ccc(/C=C2\C(C)=C(C(C)N(O)C(N)=O)c3cc(F)ccc32)cc1. The molecule has 0 saturated heterocycles. The van der Waals surface area contributed by atoms with Crippen LogP contribution in [0.5, 0.6) is 0 Å². The largest absolute Gasteiger partial charge is 0.350 e. The Morgan fingerprint density at radius 2 is 1.89 bits per heavy atom. The Kier molecular flexibility index (Phi) is 5.39. The highest BCUT2D eigenvalue weighted by Gasteiger charge is 2.31. The van der Waals surface area contributed by atoms with Crippen molar-refractivity contribution in [2.45, 2.75) is 24.8 Å². The molecule has 0 aromatic heterocycles. The third-order valence-electron chi connectivity index (χ3n) is 4.81. The minimum absolute atomic E-state index is 0.375. The first-order chi connectivity index (χ1) is 12.8. The summed E-state index contributed by atoms with van der Waals surface area (Å²) < 4.78 is 13.9. The maximum Gasteiger partial charge on any atom is 0.339 e. The molecule has 3 N–H and O–H groups in total. The van der Waals surface area contributed by atoms with Crippen molar-refractivity contribution in [3.05, 3.63) is 70.5 Å². The molecule has 4 nitrogen and oxygen atoms in total. The maximum atomic E-state index is 13.9. The molecule has 0 saturated carbocycles. The first-order valence-corrected chi connectivity index (χ1v) is 9.70. The Morgan fingerprint density at radius 1 is 1.22 bits per heavy atom. The van der Waals surface area contributed by atoms with E-state index in [1.165, 1.54) is 17.0 Å². The Hall–Kier alpha value is -2.57. The molecular weight excluding hydrogens is 363 g/mol. The standard InChI is InChI=1S/C21H21FN2O2S/c1-12-18(10-14-4-7-16(27-3)8-5-14)17-9-6-15(22)11-19(17)20(12)13(2)24(26)21(23)25/h4-11,13,26H,1-3H3,(H2,23,25)/b18-10+. The molecule has 0 spiro atoms. The third-order valence-corrected chi connectivity index (χ3v) is 5.55. The highest BCUT2D eigenvalue weighted by atomic mass is 32.2. The van der Waals surface area contributed by atoms with Crippen LogP contribution in [0.4, 0.5) is 9.18 Å². The van der Waals surface area contributed by atoms with Crippen molar-refractivity contribution in [3.8, 4) is 0 Å². The van der Waals surface area contributed by atoms with Gasteiger partial charge in [-0.05, 0) is 83.9 Å². The van der Waals surface area contributed by atoms with Crippen molar-refractivity contribution >= 4 is 35.0 Å². The van der Waals surface area contributed by atoms with Crippen LogP contribution in [0.15, 0.2) is 52.9 Å². The van der Waals surface area contributed by atoms with Gasteiger partial charge in [0, 0.05) is 4.90 Å². The molecule has 0 heterocycles. The molecule has 3 rings (SSSR count). The van der Waals surface area contributed by atoms with Crippen LogP contribution in [0.2, 0.25) is 0 Å². The number of primary amides is 1. The minimum atomic E-state index is -0.953. The van der Waals surface area contributed by atoms with Gasteiger partial charge in [-0.2, -0.15) is 5.06 Å². The highest BCUT2D eigenvalue weighted by molar-refractivity contribution is 7.98.